The van der Waals surface area contributed by atoms with Crippen molar-refractivity contribution in [3.8, 4) is 11.1 Å². The van der Waals surface area contributed by atoms with E-state index in [9.17, 15) is 4.79 Å². The molecule has 0 amide bonds. The molecule has 38 heavy (non-hydrogen) atoms. The quantitative estimate of drug-likeness (QED) is 0.202. The summed E-state index contributed by atoms with van der Waals surface area (Å²) in [6.45, 7) is 11.7. The lowest BCUT2D eigenvalue weighted by molar-refractivity contribution is -0.145. The van der Waals surface area contributed by atoms with Crippen LogP contribution in [0.1, 0.15) is 65.7 Å². The molecule has 0 fully saturated rings. The topological polar surface area (TPSA) is 29.5 Å². The van der Waals surface area contributed by atoms with Gasteiger partial charge in [-0.15, -0.1) is 0 Å². The predicted octanol–water partition coefficient (Wildman–Crippen LogP) is 8.54. The lowest BCUT2D eigenvalue weighted by Crippen LogP contribution is -2.33. The third kappa shape index (κ3) is 6.41. The zero-order chi connectivity index (χ0) is 27.1. The molecule has 0 aliphatic rings. The molecule has 0 N–H and O–H groups in total. The van der Waals surface area contributed by atoms with E-state index in [4.69, 9.17) is 4.74 Å². The van der Waals surface area contributed by atoms with Crippen molar-refractivity contribution >= 4 is 5.97 Å². The van der Waals surface area contributed by atoms with Gasteiger partial charge in [-0.05, 0) is 85.2 Å². The Morgan fingerprint density at radius 1 is 0.763 bits per heavy atom. The molecule has 0 saturated heterocycles. The van der Waals surface area contributed by atoms with Gasteiger partial charge < -0.3 is 4.74 Å². The number of rotatable bonds is 10. The van der Waals surface area contributed by atoms with Crippen LogP contribution in [0.5, 0.6) is 0 Å². The normalized spacial score (nSPS) is 12.8. The van der Waals surface area contributed by atoms with Crippen molar-refractivity contribution in [3.05, 3.63) is 130 Å². The number of esters is 1. The van der Waals surface area contributed by atoms with E-state index >= 15 is 0 Å². The largest absolute Gasteiger partial charge is 0.466 e. The van der Waals surface area contributed by atoms with Crippen molar-refractivity contribution < 1.29 is 9.53 Å². The highest BCUT2D eigenvalue weighted by Crippen LogP contribution is 2.38. The minimum Gasteiger partial charge on any atom is -0.466 e. The van der Waals surface area contributed by atoms with Gasteiger partial charge in [-0.3, -0.25) is 9.69 Å². The van der Waals surface area contributed by atoms with Crippen LogP contribution in [0.3, 0.4) is 0 Å². The number of aryl methyl sites for hydroxylation is 3. The standard InChI is InChI=1S/C35H39NO2/c1-6-38-34(37)23-33(31-21-20-25(2)32(22-31)35-26(3)14-13-15-27(35)4)36(24-29-16-9-7-10-17-29)28(5)30-18-11-8-12-19-30/h7-22,28,33H,6,23-24H2,1-5H3/t28-,33+/m1/s1. The Hall–Kier alpha value is -3.69. The number of hydrogen-bond acceptors (Lipinski definition) is 3. The van der Waals surface area contributed by atoms with Gasteiger partial charge in [-0.1, -0.05) is 91.0 Å². The van der Waals surface area contributed by atoms with Crippen LogP contribution in [0.15, 0.2) is 97.1 Å². The summed E-state index contributed by atoms with van der Waals surface area (Å²) in [6.07, 6.45) is 0.285. The Kier molecular flexibility index (Phi) is 9.15. The fourth-order valence-corrected chi connectivity index (χ4v) is 5.39. The van der Waals surface area contributed by atoms with Gasteiger partial charge >= 0.3 is 5.97 Å². The van der Waals surface area contributed by atoms with E-state index in [1.54, 1.807) is 0 Å². The van der Waals surface area contributed by atoms with E-state index in [-0.39, 0.29) is 24.5 Å². The van der Waals surface area contributed by atoms with Crippen LogP contribution < -0.4 is 0 Å². The molecule has 4 aromatic carbocycles. The molecule has 0 unspecified atom stereocenters. The number of nitrogens with zero attached hydrogens (tertiary/aromatic N) is 1. The van der Waals surface area contributed by atoms with Crippen LogP contribution in [0, 0.1) is 20.8 Å². The van der Waals surface area contributed by atoms with Crippen LogP contribution in [0.25, 0.3) is 11.1 Å². The first kappa shape index (κ1) is 27.3. The Labute approximate surface area is 228 Å². The fraction of sp³-hybridized carbons (Fsp3) is 0.286. The van der Waals surface area contributed by atoms with Gasteiger partial charge in [0.15, 0.2) is 0 Å². The van der Waals surface area contributed by atoms with Crippen LogP contribution in [-0.2, 0) is 16.1 Å². The number of carbonyl (C=O) groups is 1. The average molecular weight is 506 g/mol. The maximum Gasteiger partial charge on any atom is 0.307 e. The summed E-state index contributed by atoms with van der Waals surface area (Å²) in [5.41, 5.74) is 9.79. The smallest absolute Gasteiger partial charge is 0.307 e. The molecule has 3 heteroatoms. The van der Waals surface area contributed by atoms with Gasteiger partial charge in [0.25, 0.3) is 0 Å². The van der Waals surface area contributed by atoms with E-state index in [0.29, 0.717) is 13.2 Å². The summed E-state index contributed by atoms with van der Waals surface area (Å²) in [4.78, 5) is 15.5. The van der Waals surface area contributed by atoms with Gasteiger partial charge in [0.2, 0.25) is 0 Å². The molecule has 2 atom stereocenters. The average Bonchev–Trinajstić information content (AvgIpc) is 2.92. The highest BCUT2D eigenvalue weighted by atomic mass is 16.5. The summed E-state index contributed by atoms with van der Waals surface area (Å²) in [5, 5.41) is 0. The molecule has 196 valence electrons. The fourth-order valence-electron chi connectivity index (χ4n) is 5.39. The van der Waals surface area contributed by atoms with Crippen molar-refractivity contribution in [2.24, 2.45) is 0 Å². The van der Waals surface area contributed by atoms with Crippen molar-refractivity contribution in [2.45, 2.75) is 59.7 Å². The molecule has 0 radical (unpaired) electrons. The first-order valence-corrected chi connectivity index (χ1v) is 13.6. The Bertz CT molecular complexity index is 1330. The van der Waals surface area contributed by atoms with Gasteiger partial charge in [-0.25, -0.2) is 0 Å². The van der Waals surface area contributed by atoms with E-state index in [2.05, 4.69) is 118 Å². The minimum atomic E-state index is -0.176. The summed E-state index contributed by atoms with van der Waals surface area (Å²) in [5.74, 6) is -0.176. The summed E-state index contributed by atoms with van der Waals surface area (Å²) in [6, 6.07) is 34.1. The summed E-state index contributed by atoms with van der Waals surface area (Å²) >= 11 is 0. The molecule has 4 rings (SSSR count). The Balaban J connectivity index is 1.85. The van der Waals surface area contributed by atoms with E-state index < -0.39 is 0 Å². The van der Waals surface area contributed by atoms with E-state index in [1.165, 1.54) is 38.9 Å². The van der Waals surface area contributed by atoms with E-state index in [1.807, 2.05) is 19.1 Å². The highest BCUT2D eigenvalue weighted by molar-refractivity contribution is 5.75. The Morgan fingerprint density at radius 3 is 2.03 bits per heavy atom. The second-order valence-corrected chi connectivity index (χ2v) is 10.1. The predicted molar refractivity (Wildman–Crippen MR) is 157 cm³/mol. The second kappa shape index (κ2) is 12.7. The zero-order valence-electron chi connectivity index (χ0n) is 23.3. The molecular weight excluding hydrogens is 466 g/mol. The lowest BCUT2D eigenvalue weighted by Gasteiger charge is -2.37. The highest BCUT2D eigenvalue weighted by Gasteiger charge is 2.29. The first-order valence-electron chi connectivity index (χ1n) is 13.6. The van der Waals surface area contributed by atoms with Crippen LogP contribution in [0.4, 0.5) is 0 Å². The maximum atomic E-state index is 13.0. The molecule has 0 spiro atoms. The Morgan fingerprint density at radius 2 is 1.39 bits per heavy atom. The lowest BCUT2D eigenvalue weighted by atomic mass is 9.88. The third-order valence-electron chi connectivity index (χ3n) is 7.45. The van der Waals surface area contributed by atoms with Crippen LogP contribution in [0.2, 0.25) is 0 Å². The molecule has 0 aliphatic heterocycles. The molecule has 0 aliphatic carbocycles. The molecule has 3 nitrogen and oxygen atoms in total. The summed E-state index contributed by atoms with van der Waals surface area (Å²) < 4.78 is 5.49. The van der Waals surface area contributed by atoms with Crippen molar-refractivity contribution in [3.63, 3.8) is 0 Å². The maximum absolute atomic E-state index is 13.0. The minimum absolute atomic E-state index is 0.0841. The number of carbonyl (C=O) groups excluding carboxylic acids is 1. The van der Waals surface area contributed by atoms with Gasteiger partial charge in [-0.2, -0.15) is 0 Å². The van der Waals surface area contributed by atoms with Crippen LogP contribution >= 0.6 is 0 Å². The van der Waals surface area contributed by atoms with Crippen molar-refractivity contribution in [1.82, 2.24) is 4.90 Å². The van der Waals surface area contributed by atoms with Crippen molar-refractivity contribution in [2.75, 3.05) is 6.61 Å². The molecule has 0 saturated carbocycles. The monoisotopic (exact) mass is 505 g/mol. The van der Waals surface area contributed by atoms with E-state index in [0.717, 1.165) is 5.56 Å². The number of hydrogen-bond donors (Lipinski definition) is 0. The SMILES string of the molecule is CCOC(=O)C[C@@H](c1ccc(C)c(-c2c(C)cccc2C)c1)N(Cc1ccccc1)[C@H](C)c1ccccc1. The first-order chi connectivity index (χ1) is 18.4. The molecule has 0 bridgehead atoms. The number of benzene rings is 4. The summed E-state index contributed by atoms with van der Waals surface area (Å²) in [7, 11) is 0. The molecule has 0 aromatic heterocycles. The van der Waals surface area contributed by atoms with Gasteiger partial charge in [0, 0.05) is 18.6 Å². The van der Waals surface area contributed by atoms with Gasteiger partial charge in [0.05, 0.1) is 13.0 Å². The second-order valence-electron chi connectivity index (χ2n) is 10.1. The third-order valence-corrected chi connectivity index (χ3v) is 7.45. The molecular formula is C35H39NO2. The molecule has 4 aromatic rings. The molecule has 0 heterocycles. The van der Waals surface area contributed by atoms with Gasteiger partial charge in [0.1, 0.15) is 0 Å². The van der Waals surface area contributed by atoms with Crippen molar-refractivity contribution in [1.29, 1.82) is 0 Å². The number of ether oxygens (including phenoxy) is 1. The van der Waals surface area contributed by atoms with Crippen LogP contribution in [-0.4, -0.2) is 17.5 Å². The zero-order valence-corrected chi connectivity index (χ0v) is 23.3.